The Hall–Kier alpha value is -3.89. The molecule has 9 nitrogen and oxygen atoms in total. The van der Waals surface area contributed by atoms with Crippen molar-refractivity contribution < 1.29 is 19.4 Å². The summed E-state index contributed by atoms with van der Waals surface area (Å²) in [5.74, 6) is -1.18. The monoisotopic (exact) mass is 491 g/mol. The fourth-order valence-electron chi connectivity index (χ4n) is 3.35. The van der Waals surface area contributed by atoms with Gasteiger partial charge in [-0.1, -0.05) is 11.8 Å². The van der Waals surface area contributed by atoms with Crippen LogP contribution in [-0.2, 0) is 14.3 Å². The van der Waals surface area contributed by atoms with Crippen LogP contribution in [0.3, 0.4) is 0 Å². The first-order chi connectivity index (χ1) is 17.0. The van der Waals surface area contributed by atoms with E-state index in [9.17, 15) is 9.59 Å². The molecule has 2 aromatic carbocycles. The highest BCUT2D eigenvalue weighted by Gasteiger charge is 2.11. The number of aliphatic carboxylic acids is 1. The summed E-state index contributed by atoms with van der Waals surface area (Å²) in [5, 5.41) is 15.3. The molecule has 10 heteroatoms. The van der Waals surface area contributed by atoms with Gasteiger partial charge >= 0.3 is 5.97 Å². The number of ether oxygens (including phenoxy) is 1. The highest BCUT2D eigenvalue weighted by Crippen LogP contribution is 2.30. The molecule has 4 rings (SSSR count). The van der Waals surface area contributed by atoms with Gasteiger partial charge in [0.2, 0.25) is 11.9 Å². The molecule has 1 aromatic heterocycles. The summed E-state index contributed by atoms with van der Waals surface area (Å²) in [6.45, 7) is 5.23. The number of nitrogens with zero attached hydrogens (tertiary/aromatic N) is 3. The van der Waals surface area contributed by atoms with E-state index in [2.05, 4.69) is 37.6 Å². The number of nitrogens with one attached hydrogen (secondary N) is 2. The van der Waals surface area contributed by atoms with Crippen molar-refractivity contribution in [3.63, 3.8) is 0 Å². The van der Waals surface area contributed by atoms with Crippen LogP contribution >= 0.6 is 11.8 Å². The Morgan fingerprint density at radius 2 is 1.71 bits per heavy atom. The summed E-state index contributed by atoms with van der Waals surface area (Å²) >= 11 is 1.49. The van der Waals surface area contributed by atoms with Gasteiger partial charge < -0.3 is 25.4 Å². The van der Waals surface area contributed by atoms with Gasteiger partial charge in [-0.15, -0.1) is 0 Å². The maximum atomic E-state index is 11.7. The SMILES string of the molecule is Cc1cnc(Nc2ccc(N3CCOCC3)cc2)nc1Sc1ccc(NC(=O)C=CC(=O)O)cc1. The largest absolute Gasteiger partial charge is 0.478 e. The Bertz CT molecular complexity index is 1210. The molecule has 1 aliphatic heterocycles. The number of carbonyl (C=O) groups is 2. The number of carbonyl (C=O) groups excluding carboxylic acids is 1. The van der Waals surface area contributed by atoms with E-state index in [0.717, 1.165) is 65.3 Å². The summed E-state index contributed by atoms with van der Waals surface area (Å²) in [6, 6.07) is 15.4. The lowest BCUT2D eigenvalue weighted by Crippen LogP contribution is -2.36. The van der Waals surface area contributed by atoms with Gasteiger partial charge in [0, 0.05) is 59.0 Å². The van der Waals surface area contributed by atoms with Gasteiger partial charge in [0.25, 0.3) is 0 Å². The number of carboxylic acids is 1. The number of anilines is 4. The number of carboxylic acid groups (broad SMARTS) is 1. The lowest BCUT2D eigenvalue weighted by atomic mass is 10.2. The summed E-state index contributed by atoms with van der Waals surface area (Å²) in [6.07, 6.45) is 3.55. The molecule has 1 saturated heterocycles. The molecule has 0 atom stereocenters. The molecular formula is C25H25N5O4S. The highest BCUT2D eigenvalue weighted by atomic mass is 32.2. The minimum Gasteiger partial charge on any atom is -0.478 e. The number of hydrogen-bond donors (Lipinski definition) is 3. The average molecular weight is 492 g/mol. The average Bonchev–Trinajstić information content (AvgIpc) is 2.87. The van der Waals surface area contributed by atoms with E-state index in [1.807, 2.05) is 31.2 Å². The van der Waals surface area contributed by atoms with Gasteiger partial charge in [-0.3, -0.25) is 4.79 Å². The Morgan fingerprint density at radius 1 is 1.03 bits per heavy atom. The van der Waals surface area contributed by atoms with Crippen molar-refractivity contribution in [2.24, 2.45) is 0 Å². The minimum atomic E-state index is -1.18. The molecule has 0 unspecified atom stereocenters. The van der Waals surface area contributed by atoms with Gasteiger partial charge in [0.1, 0.15) is 5.03 Å². The predicted octanol–water partition coefficient (Wildman–Crippen LogP) is 4.10. The number of aryl methyl sites for hydroxylation is 1. The third-order valence-corrected chi connectivity index (χ3v) is 6.25. The number of benzene rings is 2. The number of morpholine rings is 1. The fourth-order valence-corrected chi connectivity index (χ4v) is 4.19. The maximum Gasteiger partial charge on any atom is 0.328 e. The zero-order valence-corrected chi connectivity index (χ0v) is 19.9. The first-order valence-corrected chi connectivity index (χ1v) is 11.8. The molecule has 3 aromatic rings. The molecule has 3 N–H and O–H groups in total. The van der Waals surface area contributed by atoms with Crippen molar-refractivity contribution in [2.45, 2.75) is 16.8 Å². The molecule has 0 saturated carbocycles. The fraction of sp³-hybridized carbons (Fsp3) is 0.200. The van der Waals surface area contributed by atoms with Gasteiger partial charge in [0.15, 0.2) is 0 Å². The van der Waals surface area contributed by atoms with Crippen LogP contribution in [0.25, 0.3) is 0 Å². The van der Waals surface area contributed by atoms with Crippen LogP contribution in [0.15, 0.2) is 76.8 Å². The summed E-state index contributed by atoms with van der Waals surface area (Å²) < 4.78 is 5.41. The lowest BCUT2D eigenvalue weighted by molar-refractivity contribution is -0.131. The Labute approximate surface area is 207 Å². The Kier molecular flexibility index (Phi) is 7.96. The number of amides is 1. The van der Waals surface area contributed by atoms with E-state index in [0.29, 0.717) is 11.6 Å². The summed E-state index contributed by atoms with van der Waals surface area (Å²) in [4.78, 5) is 34.5. The molecule has 0 bridgehead atoms. The normalized spacial score (nSPS) is 13.6. The van der Waals surface area contributed by atoms with E-state index < -0.39 is 11.9 Å². The first kappa shape index (κ1) is 24.2. The molecule has 0 radical (unpaired) electrons. The molecule has 0 spiro atoms. The van der Waals surface area contributed by atoms with E-state index in [1.54, 1.807) is 18.3 Å². The molecular weight excluding hydrogens is 466 g/mol. The van der Waals surface area contributed by atoms with Gasteiger partial charge in [-0.2, -0.15) is 0 Å². The molecule has 1 fully saturated rings. The molecule has 1 amide bonds. The topological polar surface area (TPSA) is 117 Å². The second kappa shape index (κ2) is 11.5. The van der Waals surface area contributed by atoms with Crippen LogP contribution in [0, 0.1) is 6.92 Å². The second-order valence-corrected chi connectivity index (χ2v) is 8.80. The van der Waals surface area contributed by atoms with E-state index in [-0.39, 0.29) is 0 Å². The number of rotatable bonds is 8. The van der Waals surface area contributed by atoms with Crippen molar-refractivity contribution in [3.8, 4) is 0 Å². The zero-order valence-electron chi connectivity index (χ0n) is 19.1. The third kappa shape index (κ3) is 7.05. The summed E-state index contributed by atoms with van der Waals surface area (Å²) in [7, 11) is 0. The van der Waals surface area contributed by atoms with Gasteiger partial charge in [-0.05, 0) is 55.5 Å². The number of hydrogen-bond acceptors (Lipinski definition) is 8. The van der Waals surface area contributed by atoms with E-state index in [1.165, 1.54) is 11.8 Å². The predicted molar refractivity (Wildman–Crippen MR) is 135 cm³/mol. The van der Waals surface area contributed by atoms with Crippen molar-refractivity contribution in [1.82, 2.24) is 9.97 Å². The molecule has 1 aliphatic rings. The molecule has 0 aliphatic carbocycles. The van der Waals surface area contributed by atoms with Crippen LogP contribution < -0.4 is 15.5 Å². The van der Waals surface area contributed by atoms with Crippen LogP contribution in [-0.4, -0.2) is 53.3 Å². The van der Waals surface area contributed by atoms with E-state index >= 15 is 0 Å². The smallest absolute Gasteiger partial charge is 0.328 e. The minimum absolute atomic E-state index is 0.506. The molecule has 35 heavy (non-hydrogen) atoms. The van der Waals surface area contributed by atoms with Gasteiger partial charge in [0.05, 0.1) is 13.2 Å². The van der Waals surface area contributed by atoms with Crippen molar-refractivity contribution >= 4 is 46.6 Å². The molecule has 180 valence electrons. The Morgan fingerprint density at radius 3 is 2.40 bits per heavy atom. The van der Waals surface area contributed by atoms with E-state index in [4.69, 9.17) is 9.84 Å². The van der Waals surface area contributed by atoms with Crippen LogP contribution in [0.4, 0.5) is 23.0 Å². The first-order valence-electron chi connectivity index (χ1n) is 11.0. The van der Waals surface area contributed by atoms with Crippen LogP contribution in [0.2, 0.25) is 0 Å². The van der Waals surface area contributed by atoms with Crippen molar-refractivity contribution in [3.05, 3.63) is 72.4 Å². The maximum absolute atomic E-state index is 11.7. The highest BCUT2D eigenvalue weighted by molar-refractivity contribution is 7.99. The van der Waals surface area contributed by atoms with Crippen LogP contribution in [0.1, 0.15) is 5.56 Å². The quantitative estimate of drug-likeness (QED) is 0.316. The lowest BCUT2D eigenvalue weighted by Gasteiger charge is -2.28. The standard InChI is InChI=1S/C25H25N5O4S/c1-17-16-26-25(28-19-2-6-20(7-3-19)30-12-14-34-15-13-30)29-24(17)35-21-8-4-18(5-9-21)27-22(31)10-11-23(32)33/h2-11,16H,12-15H2,1H3,(H,27,31)(H,32,33)(H,26,28,29). The summed E-state index contributed by atoms with van der Waals surface area (Å²) in [5.41, 5.74) is 3.58. The second-order valence-electron chi connectivity index (χ2n) is 7.74. The zero-order chi connectivity index (χ0) is 24.6. The van der Waals surface area contributed by atoms with Crippen molar-refractivity contribution in [1.29, 1.82) is 0 Å². The Balaban J connectivity index is 1.38. The van der Waals surface area contributed by atoms with Crippen molar-refractivity contribution in [2.75, 3.05) is 41.8 Å². The third-order valence-electron chi connectivity index (χ3n) is 5.14. The van der Waals surface area contributed by atoms with Gasteiger partial charge in [-0.25, -0.2) is 14.8 Å². The number of aromatic nitrogens is 2. The molecule has 2 heterocycles. The van der Waals surface area contributed by atoms with Crippen LogP contribution in [0.5, 0.6) is 0 Å².